The Hall–Kier alpha value is -1.89. The van der Waals surface area contributed by atoms with Crippen molar-refractivity contribution in [3.8, 4) is 0 Å². The number of amides is 2. The number of nitrogens with zero attached hydrogens (tertiary/aromatic N) is 3. The van der Waals surface area contributed by atoms with E-state index in [4.69, 9.17) is 0 Å². The summed E-state index contributed by atoms with van der Waals surface area (Å²) in [5.41, 5.74) is 0. The van der Waals surface area contributed by atoms with Gasteiger partial charge in [-0.25, -0.2) is 0 Å². The zero-order chi connectivity index (χ0) is 15.4. The summed E-state index contributed by atoms with van der Waals surface area (Å²) in [6.45, 7) is 4.44. The molecule has 2 rings (SSSR count). The monoisotopic (exact) mass is 294 g/mol. The Morgan fingerprint density at radius 3 is 2.95 bits per heavy atom. The molecule has 0 saturated carbocycles. The van der Waals surface area contributed by atoms with Crippen LogP contribution in [-0.4, -0.2) is 50.8 Å². The molecular weight excluding hydrogens is 272 g/mol. The van der Waals surface area contributed by atoms with E-state index in [1.807, 2.05) is 13.8 Å². The lowest BCUT2D eigenvalue weighted by atomic mass is 10.2. The molecule has 0 spiro atoms. The third-order valence-electron chi connectivity index (χ3n) is 3.49. The van der Waals surface area contributed by atoms with Crippen molar-refractivity contribution < 1.29 is 14.7 Å². The fraction of sp³-hybridized carbons (Fsp3) is 0.643. The molecule has 2 heterocycles. The van der Waals surface area contributed by atoms with E-state index < -0.39 is 6.10 Å². The van der Waals surface area contributed by atoms with Gasteiger partial charge in [-0.1, -0.05) is 0 Å². The smallest absolute Gasteiger partial charge is 0.251 e. The molecule has 0 bridgehead atoms. The van der Waals surface area contributed by atoms with Crippen molar-refractivity contribution in [2.75, 3.05) is 18.4 Å². The van der Waals surface area contributed by atoms with Crippen molar-refractivity contribution in [2.24, 2.45) is 0 Å². The van der Waals surface area contributed by atoms with E-state index in [2.05, 4.69) is 10.4 Å². The van der Waals surface area contributed by atoms with Crippen LogP contribution < -0.4 is 5.32 Å². The molecule has 2 amide bonds. The number of nitrogens with one attached hydrogen (secondary N) is 1. The standard InChI is InChI=1S/C14H22N4O3/c1-10(2)18-8-6-12(16-18)15-13(20)9-17-7-4-3-5-11(19)14(17)21/h6,8,10-11,19H,3-5,7,9H2,1-2H3,(H,15,16,20). The molecule has 1 fully saturated rings. The Morgan fingerprint density at radius 1 is 1.52 bits per heavy atom. The fourth-order valence-corrected chi connectivity index (χ4v) is 2.29. The first kappa shape index (κ1) is 15.5. The summed E-state index contributed by atoms with van der Waals surface area (Å²) in [5.74, 6) is -0.196. The summed E-state index contributed by atoms with van der Waals surface area (Å²) in [7, 11) is 0. The van der Waals surface area contributed by atoms with Gasteiger partial charge in [-0.2, -0.15) is 5.10 Å². The number of likely N-dealkylation sites (tertiary alicyclic amines) is 1. The third-order valence-corrected chi connectivity index (χ3v) is 3.49. The molecule has 1 unspecified atom stereocenters. The van der Waals surface area contributed by atoms with Gasteiger partial charge in [0.1, 0.15) is 6.10 Å². The van der Waals surface area contributed by atoms with Crippen LogP contribution in [0.15, 0.2) is 12.3 Å². The minimum absolute atomic E-state index is 0.0512. The topological polar surface area (TPSA) is 87.5 Å². The molecule has 7 nitrogen and oxygen atoms in total. The largest absolute Gasteiger partial charge is 0.383 e. The van der Waals surface area contributed by atoms with Crippen LogP contribution in [0, 0.1) is 0 Å². The fourth-order valence-electron chi connectivity index (χ4n) is 2.29. The Kier molecular flexibility index (Phi) is 4.95. The normalized spacial score (nSPS) is 19.7. The predicted octanol–water partition coefficient (Wildman–Crippen LogP) is 0.776. The lowest BCUT2D eigenvalue weighted by Crippen LogP contribution is -2.42. The molecule has 7 heteroatoms. The van der Waals surface area contributed by atoms with Crippen LogP contribution in [0.1, 0.15) is 39.2 Å². The van der Waals surface area contributed by atoms with Gasteiger partial charge in [0, 0.05) is 24.8 Å². The summed E-state index contributed by atoms with van der Waals surface area (Å²) >= 11 is 0. The lowest BCUT2D eigenvalue weighted by molar-refractivity contribution is -0.141. The van der Waals surface area contributed by atoms with Crippen molar-refractivity contribution in [1.29, 1.82) is 0 Å². The van der Waals surface area contributed by atoms with Gasteiger partial charge in [0.15, 0.2) is 5.82 Å². The number of aliphatic hydroxyl groups excluding tert-OH is 1. The number of carbonyl (C=O) groups is 2. The Balaban J connectivity index is 1.92. The summed E-state index contributed by atoms with van der Waals surface area (Å²) in [6, 6.07) is 1.94. The molecule has 1 saturated heterocycles. The summed E-state index contributed by atoms with van der Waals surface area (Å²) in [6.07, 6.45) is 2.87. The molecule has 0 aromatic carbocycles. The predicted molar refractivity (Wildman–Crippen MR) is 77.7 cm³/mol. The number of anilines is 1. The summed E-state index contributed by atoms with van der Waals surface area (Å²) < 4.78 is 1.75. The van der Waals surface area contributed by atoms with Gasteiger partial charge < -0.3 is 15.3 Å². The Morgan fingerprint density at radius 2 is 2.29 bits per heavy atom. The first-order valence-electron chi connectivity index (χ1n) is 7.29. The first-order chi connectivity index (χ1) is 9.97. The first-order valence-corrected chi connectivity index (χ1v) is 7.29. The van der Waals surface area contributed by atoms with E-state index in [0.29, 0.717) is 18.8 Å². The maximum Gasteiger partial charge on any atom is 0.251 e. The summed E-state index contributed by atoms with van der Waals surface area (Å²) in [4.78, 5) is 25.3. The van der Waals surface area contributed by atoms with E-state index in [9.17, 15) is 14.7 Å². The minimum Gasteiger partial charge on any atom is -0.383 e. The van der Waals surface area contributed by atoms with Crippen LogP contribution in [-0.2, 0) is 9.59 Å². The zero-order valence-electron chi connectivity index (χ0n) is 12.5. The number of aromatic nitrogens is 2. The second-order valence-corrected chi connectivity index (χ2v) is 5.59. The highest BCUT2D eigenvalue weighted by atomic mass is 16.3. The number of carbonyl (C=O) groups excluding carboxylic acids is 2. The van der Waals surface area contributed by atoms with Crippen LogP contribution in [0.3, 0.4) is 0 Å². The molecule has 21 heavy (non-hydrogen) atoms. The minimum atomic E-state index is -0.986. The molecule has 1 aromatic rings. The highest BCUT2D eigenvalue weighted by Gasteiger charge is 2.26. The Bertz CT molecular complexity index is 512. The molecule has 1 aliphatic heterocycles. The molecule has 2 N–H and O–H groups in total. The van der Waals surface area contributed by atoms with Gasteiger partial charge in [0.25, 0.3) is 5.91 Å². The van der Waals surface area contributed by atoms with Gasteiger partial charge in [0.2, 0.25) is 5.91 Å². The molecule has 1 aliphatic rings. The molecule has 0 radical (unpaired) electrons. The number of hydrogen-bond donors (Lipinski definition) is 2. The number of aliphatic hydroxyl groups is 1. The van der Waals surface area contributed by atoms with E-state index in [1.54, 1.807) is 16.9 Å². The van der Waals surface area contributed by atoms with Gasteiger partial charge in [-0.3, -0.25) is 14.3 Å². The second-order valence-electron chi connectivity index (χ2n) is 5.59. The van der Waals surface area contributed by atoms with Gasteiger partial charge in [-0.15, -0.1) is 0 Å². The molecule has 0 aliphatic carbocycles. The van der Waals surface area contributed by atoms with Crippen molar-refractivity contribution in [2.45, 2.75) is 45.3 Å². The maximum absolute atomic E-state index is 12.0. The average Bonchev–Trinajstić information content (AvgIpc) is 2.83. The quantitative estimate of drug-likeness (QED) is 0.859. The average molecular weight is 294 g/mol. The van der Waals surface area contributed by atoms with Crippen LogP contribution in [0.25, 0.3) is 0 Å². The number of hydrogen-bond acceptors (Lipinski definition) is 4. The molecule has 116 valence electrons. The SMILES string of the molecule is CC(C)n1ccc(NC(=O)CN2CCCCC(O)C2=O)n1. The van der Waals surface area contributed by atoms with E-state index in [1.165, 1.54) is 4.90 Å². The van der Waals surface area contributed by atoms with Crippen LogP contribution in [0.4, 0.5) is 5.82 Å². The highest BCUT2D eigenvalue weighted by Crippen LogP contribution is 2.12. The molecule has 1 atom stereocenters. The second kappa shape index (κ2) is 6.71. The van der Waals surface area contributed by atoms with Crippen LogP contribution in [0.5, 0.6) is 0 Å². The molecular formula is C14H22N4O3. The van der Waals surface area contributed by atoms with Crippen molar-refractivity contribution in [1.82, 2.24) is 14.7 Å². The summed E-state index contributed by atoms with van der Waals surface area (Å²) in [5, 5.41) is 16.6. The van der Waals surface area contributed by atoms with E-state index >= 15 is 0 Å². The van der Waals surface area contributed by atoms with Crippen LogP contribution in [0.2, 0.25) is 0 Å². The van der Waals surface area contributed by atoms with Crippen molar-refractivity contribution in [3.05, 3.63) is 12.3 Å². The van der Waals surface area contributed by atoms with Gasteiger partial charge in [-0.05, 0) is 33.1 Å². The van der Waals surface area contributed by atoms with E-state index in [-0.39, 0.29) is 24.4 Å². The lowest BCUT2D eigenvalue weighted by Gasteiger charge is -2.21. The maximum atomic E-state index is 12.0. The van der Waals surface area contributed by atoms with Gasteiger partial charge >= 0.3 is 0 Å². The Labute approximate surface area is 123 Å². The highest BCUT2D eigenvalue weighted by molar-refractivity contribution is 5.94. The van der Waals surface area contributed by atoms with Gasteiger partial charge in [0.05, 0.1) is 6.54 Å². The third kappa shape index (κ3) is 4.04. The molecule has 1 aromatic heterocycles. The number of rotatable bonds is 4. The van der Waals surface area contributed by atoms with Crippen molar-refractivity contribution >= 4 is 17.6 Å². The van der Waals surface area contributed by atoms with E-state index in [0.717, 1.165) is 12.8 Å². The zero-order valence-corrected chi connectivity index (χ0v) is 12.5. The van der Waals surface area contributed by atoms with Crippen LogP contribution >= 0.6 is 0 Å². The van der Waals surface area contributed by atoms with Crippen molar-refractivity contribution in [3.63, 3.8) is 0 Å².